The van der Waals surface area contributed by atoms with Gasteiger partial charge in [-0.2, -0.15) is 0 Å². The molecule has 0 heterocycles. The predicted octanol–water partition coefficient (Wildman–Crippen LogP) is -1.44. The largest absolute Gasteiger partial charge is 0.508 e. The molecule has 0 saturated carbocycles. The maximum atomic E-state index is 13.7. The smallest absolute Gasteiger partial charge is 0.243 e. The van der Waals surface area contributed by atoms with Crippen LogP contribution in [0, 0.1) is 0 Å². The van der Waals surface area contributed by atoms with Gasteiger partial charge in [0.15, 0.2) is 5.96 Å². The SMILES string of the molecule is NC(=O)[C@H](Cc1ccc(O)cc1)NC(=O)CNC(=O)[C@H](Cc1ccccc1)NC(=O)[C@@H](CCCN=C(N)N)NC(=O)[C@@H](N)Cc1ccc(O)cc1. The number of phenolic OH excluding ortho intramolecular Hbond substituents is 2. The Morgan fingerprint density at radius 3 is 1.73 bits per heavy atom. The summed E-state index contributed by atoms with van der Waals surface area (Å²) in [6, 6.07) is 16.6. The van der Waals surface area contributed by atoms with Crippen LogP contribution in [0.2, 0.25) is 0 Å². The molecule has 0 unspecified atom stereocenters. The molecule has 4 atom stereocenters. The molecule has 0 radical (unpaired) electrons. The van der Waals surface area contributed by atoms with Gasteiger partial charge in [-0.15, -0.1) is 0 Å². The van der Waals surface area contributed by atoms with E-state index in [1.54, 1.807) is 54.6 Å². The minimum absolute atomic E-state index is 0.0344. The van der Waals surface area contributed by atoms with Crippen LogP contribution in [0.15, 0.2) is 83.9 Å². The van der Waals surface area contributed by atoms with Crippen molar-refractivity contribution in [3.05, 3.63) is 95.6 Å². The van der Waals surface area contributed by atoms with E-state index in [9.17, 15) is 34.2 Å². The standard InChI is InChI=1S/C35H45N9O7/c36-26(17-22-8-12-24(45)13-9-22)32(49)43-27(7-4-16-40-35(38)39)34(51)44-29(19-21-5-2-1-3-6-21)33(50)41-20-30(47)42-28(31(37)48)18-23-10-14-25(46)15-11-23/h1-3,5-6,8-15,26-29,45-46H,4,7,16-20,36H2,(H2,37,48)(H,41,50)(H,42,47)(H,43,49)(H,44,51)(H4,38,39,40)/t26-,27+,28-,29-/m0/s1. The van der Waals surface area contributed by atoms with Gasteiger partial charge < -0.3 is 54.4 Å². The van der Waals surface area contributed by atoms with E-state index in [0.29, 0.717) is 23.1 Å². The summed E-state index contributed by atoms with van der Waals surface area (Å²) in [5.41, 5.74) is 24.5. The molecule has 0 spiro atoms. The lowest BCUT2D eigenvalue weighted by Crippen LogP contribution is -2.57. The first-order valence-corrected chi connectivity index (χ1v) is 16.2. The zero-order valence-electron chi connectivity index (χ0n) is 28.0. The van der Waals surface area contributed by atoms with Crippen molar-refractivity contribution < 1.29 is 34.2 Å². The van der Waals surface area contributed by atoms with E-state index in [0.717, 1.165) is 0 Å². The third kappa shape index (κ3) is 14.1. The second kappa shape index (κ2) is 19.7. The lowest BCUT2D eigenvalue weighted by atomic mass is 10.0. The van der Waals surface area contributed by atoms with Gasteiger partial charge in [-0.3, -0.25) is 29.0 Å². The molecule has 0 saturated heterocycles. The Morgan fingerprint density at radius 2 is 1.16 bits per heavy atom. The van der Waals surface area contributed by atoms with Gasteiger partial charge in [0.25, 0.3) is 0 Å². The van der Waals surface area contributed by atoms with Gasteiger partial charge in [-0.1, -0.05) is 54.6 Å². The molecule has 3 aromatic carbocycles. The van der Waals surface area contributed by atoms with Gasteiger partial charge >= 0.3 is 0 Å². The molecule has 0 aliphatic carbocycles. The third-order valence-electron chi connectivity index (χ3n) is 7.70. The number of hydrogen-bond acceptors (Lipinski definition) is 9. The zero-order chi connectivity index (χ0) is 37.3. The molecular formula is C35H45N9O7. The molecule has 0 bridgehead atoms. The summed E-state index contributed by atoms with van der Waals surface area (Å²) in [5, 5.41) is 29.4. The summed E-state index contributed by atoms with van der Waals surface area (Å²) in [7, 11) is 0. The quantitative estimate of drug-likeness (QED) is 0.0394. The average molecular weight is 704 g/mol. The summed E-state index contributed by atoms with van der Waals surface area (Å²) in [6.45, 7) is -0.367. The number of phenols is 2. The predicted molar refractivity (Wildman–Crippen MR) is 190 cm³/mol. The Kier molecular flexibility index (Phi) is 15.2. The van der Waals surface area contributed by atoms with E-state index < -0.39 is 60.2 Å². The summed E-state index contributed by atoms with van der Waals surface area (Å²) in [5.74, 6) is -3.56. The summed E-state index contributed by atoms with van der Waals surface area (Å²) in [6.07, 6.45) is 0.611. The van der Waals surface area contributed by atoms with Crippen LogP contribution in [0.4, 0.5) is 0 Å². The van der Waals surface area contributed by atoms with E-state index in [1.165, 1.54) is 24.3 Å². The first-order valence-electron chi connectivity index (χ1n) is 16.2. The molecule has 16 heteroatoms. The lowest BCUT2D eigenvalue weighted by molar-refractivity contribution is -0.133. The Balaban J connectivity index is 1.71. The molecule has 0 aliphatic rings. The molecular weight excluding hydrogens is 658 g/mol. The molecule has 0 fully saturated rings. The fourth-order valence-electron chi connectivity index (χ4n) is 4.99. The van der Waals surface area contributed by atoms with Gasteiger partial charge in [0.2, 0.25) is 29.5 Å². The van der Waals surface area contributed by atoms with Gasteiger partial charge in [0.1, 0.15) is 29.6 Å². The monoisotopic (exact) mass is 703 g/mol. The number of carbonyl (C=O) groups is 5. The van der Waals surface area contributed by atoms with Crippen LogP contribution in [-0.2, 0) is 43.2 Å². The van der Waals surface area contributed by atoms with Crippen molar-refractivity contribution in [1.82, 2.24) is 21.3 Å². The second-order valence-corrected chi connectivity index (χ2v) is 11.8. The average Bonchev–Trinajstić information content (AvgIpc) is 3.09. The molecule has 3 rings (SSSR count). The Labute approximate surface area is 295 Å². The Hall–Kier alpha value is -6.16. The van der Waals surface area contributed by atoms with Gasteiger partial charge in [-0.05, 0) is 60.2 Å². The normalized spacial score (nSPS) is 13.0. The van der Waals surface area contributed by atoms with Crippen molar-refractivity contribution in [1.29, 1.82) is 0 Å². The van der Waals surface area contributed by atoms with Crippen LogP contribution in [0.25, 0.3) is 0 Å². The van der Waals surface area contributed by atoms with Crippen LogP contribution < -0.4 is 44.2 Å². The fourth-order valence-corrected chi connectivity index (χ4v) is 4.99. The van der Waals surface area contributed by atoms with Crippen molar-refractivity contribution in [3.8, 4) is 11.5 Å². The second-order valence-electron chi connectivity index (χ2n) is 11.8. The van der Waals surface area contributed by atoms with E-state index in [1.807, 2.05) is 0 Å². The first kappa shape index (κ1) is 39.3. The molecule has 0 aliphatic heterocycles. The molecule has 16 nitrogen and oxygen atoms in total. The van der Waals surface area contributed by atoms with Crippen LogP contribution in [-0.4, -0.2) is 83.0 Å². The maximum absolute atomic E-state index is 13.7. The highest BCUT2D eigenvalue weighted by molar-refractivity contribution is 5.95. The number of carbonyl (C=O) groups excluding carboxylic acids is 5. The number of amides is 5. The van der Waals surface area contributed by atoms with Crippen molar-refractivity contribution in [2.75, 3.05) is 13.1 Å². The summed E-state index contributed by atoms with van der Waals surface area (Å²) in [4.78, 5) is 69.0. The number of guanidine groups is 1. The van der Waals surface area contributed by atoms with Crippen LogP contribution in [0.3, 0.4) is 0 Å². The van der Waals surface area contributed by atoms with E-state index in [-0.39, 0.29) is 49.7 Å². The highest BCUT2D eigenvalue weighted by atomic mass is 16.3. The van der Waals surface area contributed by atoms with E-state index >= 15 is 0 Å². The maximum Gasteiger partial charge on any atom is 0.243 e. The minimum Gasteiger partial charge on any atom is -0.508 e. The first-order chi connectivity index (χ1) is 24.3. The van der Waals surface area contributed by atoms with Crippen molar-refractivity contribution in [2.45, 2.75) is 56.3 Å². The van der Waals surface area contributed by atoms with Gasteiger partial charge in [0.05, 0.1) is 12.6 Å². The highest BCUT2D eigenvalue weighted by Gasteiger charge is 2.29. The molecule has 0 aromatic heterocycles. The molecule has 3 aromatic rings. The number of rotatable bonds is 19. The summed E-state index contributed by atoms with van der Waals surface area (Å²) >= 11 is 0. The zero-order valence-corrected chi connectivity index (χ0v) is 28.0. The third-order valence-corrected chi connectivity index (χ3v) is 7.70. The fraction of sp³-hybridized carbons (Fsp3) is 0.314. The van der Waals surface area contributed by atoms with Gasteiger partial charge in [0, 0.05) is 19.4 Å². The molecule has 14 N–H and O–H groups in total. The summed E-state index contributed by atoms with van der Waals surface area (Å²) < 4.78 is 0. The van der Waals surface area contributed by atoms with Crippen LogP contribution in [0.5, 0.6) is 11.5 Å². The number of nitrogens with one attached hydrogen (secondary N) is 4. The topological polar surface area (TPSA) is 290 Å². The van der Waals surface area contributed by atoms with Crippen LogP contribution >= 0.6 is 0 Å². The highest BCUT2D eigenvalue weighted by Crippen LogP contribution is 2.13. The van der Waals surface area contributed by atoms with Crippen molar-refractivity contribution in [2.24, 2.45) is 27.9 Å². The van der Waals surface area contributed by atoms with Crippen LogP contribution in [0.1, 0.15) is 29.5 Å². The number of aromatic hydroxyl groups is 2. The lowest BCUT2D eigenvalue weighted by Gasteiger charge is -2.24. The Morgan fingerprint density at radius 1 is 0.627 bits per heavy atom. The molecule has 5 amide bonds. The minimum atomic E-state index is -1.18. The van der Waals surface area contributed by atoms with Crippen molar-refractivity contribution >= 4 is 35.5 Å². The van der Waals surface area contributed by atoms with E-state index in [2.05, 4.69) is 26.3 Å². The van der Waals surface area contributed by atoms with E-state index in [4.69, 9.17) is 22.9 Å². The number of benzene rings is 3. The van der Waals surface area contributed by atoms with Crippen molar-refractivity contribution in [3.63, 3.8) is 0 Å². The number of nitrogens with two attached hydrogens (primary N) is 4. The molecule has 272 valence electrons. The molecule has 51 heavy (non-hydrogen) atoms. The Bertz CT molecular complexity index is 1650. The number of primary amides is 1. The number of hydrogen-bond donors (Lipinski definition) is 10. The van der Waals surface area contributed by atoms with Gasteiger partial charge in [-0.25, -0.2) is 0 Å². The number of nitrogens with zero attached hydrogens (tertiary/aromatic N) is 1. The number of aliphatic imine (C=N–C) groups is 1.